The van der Waals surface area contributed by atoms with E-state index >= 15 is 0 Å². The van der Waals surface area contributed by atoms with Crippen LogP contribution in [-0.4, -0.2) is 12.5 Å². The number of nitrogens with two attached hydrogens (primary N) is 1. The van der Waals surface area contributed by atoms with Crippen molar-refractivity contribution >= 4 is 5.91 Å². The van der Waals surface area contributed by atoms with Gasteiger partial charge in [0.25, 0.3) is 5.91 Å². The molecule has 4 heteroatoms. The molecule has 0 aliphatic rings. The van der Waals surface area contributed by atoms with E-state index in [2.05, 4.69) is 5.32 Å². The van der Waals surface area contributed by atoms with E-state index in [-0.39, 0.29) is 11.6 Å². The first kappa shape index (κ1) is 14.2. The van der Waals surface area contributed by atoms with Crippen molar-refractivity contribution in [2.45, 2.75) is 12.5 Å². The molecule has 2 aromatic rings. The summed E-state index contributed by atoms with van der Waals surface area (Å²) in [4.78, 5) is 11.8. The molecule has 1 atom stereocenters. The smallest absolute Gasteiger partial charge is 0.254 e. The summed E-state index contributed by atoms with van der Waals surface area (Å²) in [5, 5.41) is 2.68. The molecular formula is C16H17FN2O. The number of carbonyl (C=O) groups is 1. The summed E-state index contributed by atoms with van der Waals surface area (Å²) in [5.74, 6) is -0.930. The van der Waals surface area contributed by atoms with Crippen molar-refractivity contribution in [2.75, 3.05) is 6.54 Å². The third kappa shape index (κ3) is 3.65. The summed E-state index contributed by atoms with van der Waals surface area (Å²) in [6.07, 6.45) is 0.601. The van der Waals surface area contributed by atoms with Gasteiger partial charge in [0.05, 0.1) is 5.56 Å². The summed E-state index contributed by atoms with van der Waals surface area (Å²) >= 11 is 0. The van der Waals surface area contributed by atoms with E-state index in [9.17, 15) is 9.18 Å². The maximum Gasteiger partial charge on any atom is 0.254 e. The summed E-state index contributed by atoms with van der Waals surface area (Å²) in [6.45, 7) is 0.406. The van der Waals surface area contributed by atoms with Gasteiger partial charge in [0.1, 0.15) is 5.82 Å². The molecule has 0 spiro atoms. The van der Waals surface area contributed by atoms with Gasteiger partial charge in [-0.1, -0.05) is 42.5 Å². The Balaban J connectivity index is 1.84. The van der Waals surface area contributed by atoms with Crippen LogP contribution in [-0.2, 0) is 0 Å². The average molecular weight is 272 g/mol. The molecule has 0 saturated carbocycles. The number of rotatable bonds is 5. The second-order valence-corrected chi connectivity index (χ2v) is 4.54. The van der Waals surface area contributed by atoms with E-state index in [0.29, 0.717) is 13.0 Å². The fourth-order valence-electron chi connectivity index (χ4n) is 1.95. The largest absolute Gasteiger partial charge is 0.352 e. The number of hydrogen-bond donors (Lipinski definition) is 2. The van der Waals surface area contributed by atoms with Gasteiger partial charge < -0.3 is 11.1 Å². The van der Waals surface area contributed by atoms with Crippen LogP contribution in [0.3, 0.4) is 0 Å². The van der Waals surface area contributed by atoms with Crippen LogP contribution in [0.2, 0.25) is 0 Å². The van der Waals surface area contributed by atoms with Crippen LogP contribution in [0.5, 0.6) is 0 Å². The topological polar surface area (TPSA) is 55.1 Å². The Bertz CT molecular complexity index is 572. The SMILES string of the molecule is NC(CCNC(=O)c1ccccc1F)c1ccccc1. The fraction of sp³-hybridized carbons (Fsp3) is 0.188. The van der Waals surface area contributed by atoms with Gasteiger partial charge in [-0.05, 0) is 24.1 Å². The molecule has 20 heavy (non-hydrogen) atoms. The van der Waals surface area contributed by atoms with E-state index in [1.165, 1.54) is 12.1 Å². The van der Waals surface area contributed by atoms with Gasteiger partial charge in [0, 0.05) is 12.6 Å². The Morgan fingerprint density at radius 3 is 2.45 bits per heavy atom. The van der Waals surface area contributed by atoms with E-state index in [1.807, 2.05) is 30.3 Å². The van der Waals surface area contributed by atoms with Gasteiger partial charge in [0.2, 0.25) is 0 Å². The van der Waals surface area contributed by atoms with Gasteiger partial charge in [-0.15, -0.1) is 0 Å². The highest BCUT2D eigenvalue weighted by Crippen LogP contribution is 2.12. The summed E-state index contributed by atoms with van der Waals surface area (Å²) < 4.78 is 13.4. The molecule has 0 radical (unpaired) electrons. The lowest BCUT2D eigenvalue weighted by molar-refractivity contribution is 0.0948. The number of amides is 1. The molecule has 0 heterocycles. The molecule has 104 valence electrons. The van der Waals surface area contributed by atoms with Crippen LogP contribution in [0, 0.1) is 5.82 Å². The highest BCUT2D eigenvalue weighted by Gasteiger charge is 2.11. The van der Waals surface area contributed by atoms with Crippen molar-refractivity contribution in [3.05, 3.63) is 71.5 Å². The highest BCUT2D eigenvalue weighted by molar-refractivity contribution is 5.94. The molecule has 2 rings (SSSR count). The molecule has 0 aliphatic heterocycles. The predicted molar refractivity (Wildman–Crippen MR) is 76.7 cm³/mol. The Morgan fingerprint density at radius 2 is 1.75 bits per heavy atom. The average Bonchev–Trinajstić information content (AvgIpc) is 2.48. The Kier molecular flexibility index (Phi) is 4.85. The van der Waals surface area contributed by atoms with Crippen molar-refractivity contribution < 1.29 is 9.18 Å². The molecule has 1 unspecified atom stereocenters. The van der Waals surface area contributed by atoms with Crippen molar-refractivity contribution in [1.82, 2.24) is 5.32 Å². The van der Waals surface area contributed by atoms with Crippen molar-refractivity contribution in [3.8, 4) is 0 Å². The molecule has 0 bridgehead atoms. The fourth-order valence-corrected chi connectivity index (χ4v) is 1.95. The van der Waals surface area contributed by atoms with E-state index in [0.717, 1.165) is 5.56 Å². The van der Waals surface area contributed by atoms with Gasteiger partial charge in [-0.3, -0.25) is 4.79 Å². The first-order valence-electron chi connectivity index (χ1n) is 6.51. The molecular weight excluding hydrogens is 255 g/mol. The van der Waals surface area contributed by atoms with E-state index < -0.39 is 11.7 Å². The molecule has 3 nitrogen and oxygen atoms in total. The van der Waals surface area contributed by atoms with Crippen LogP contribution >= 0.6 is 0 Å². The molecule has 1 amide bonds. The van der Waals surface area contributed by atoms with Gasteiger partial charge in [0.15, 0.2) is 0 Å². The normalized spacial score (nSPS) is 11.9. The van der Waals surface area contributed by atoms with Crippen LogP contribution in [0.15, 0.2) is 54.6 Å². The second kappa shape index (κ2) is 6.82. The minimum absolute atomic E-state index is 0.0563. The van der Waals surface area contributed by atoms with Crippen LogP contribution < -0.4 is 11.1 Å². The minimum Gasteiger partial charge on any atom is -0.352 e. The number of hydrogen-bond acceptors (Lipinski definition) is 2. The van der Waals surface area contributed by atoms with Crippen molar-refractivity contribution in [1.29, 1.82) is 0 Å². The summed E-state index contributed by atoms with van der Waals surface area (Å²) in [7, 11) is 0. The second-order valence-electron chi connectivity index (χ2n) is 4.54. The lowest BCUT2D eigenvalue weighted by Crippen LogP contribution is -2.27. The molecule has 0 fully saturated rings. The lowest BCUT2D eigenvalue weighted by atomic mass is 10.0. The van der Waals surface area contributed by atoms with E-state index in [4.69, 9.17) is 5.73 Å². The van der Waals surface area contributed by atoms with Crippen molar-refractivity contribution in [2.24, 2.45) is 5.73 Å². The quantitative estimate of drug-likeness (QED) is 0.879. The summed E-state index contributed by atoms with van der Waals surface area (Å²) in [5.41, 5.74) is 7.10. The first-order valence-corrected chi connectivity index (χ1v) is 6.51. The molecule has 0 aliphatic carbocycles. The lowest BCUT2D eigenvalue weighted by Gasteiger charge is -2.12. The highest BCUT2D eigenvalue weighted by atomic mass is 19.1. The third-order valence-corrected chi connectivity index (χ3v) is 3.09. The third-order valence-electron chi connectivity index (χ3n) is 3.09. The van der Waals surface area contributed by atoms with Crippen LogP contribution in [0.1, 0.15) is 28.4 Å². The Labute approximate surface area is 117 Å². The maximum absolute atomic E-state index is 13.4. The first-order chi connectivity index (χ1) is 9.68. The van der Waals surface area contributed by atoms with Gasteiger partial charge in [-0.25, -0.2) is 4.39 Å². The molecule has 2 aromatic carbocycles. The molecule has 0 saturated heterocycles. The zero-order valence-electron chi connectivity index (χ0n) is 11.1. The predicted octanol–water partition coefficient (Wildman–Crippen LogP) is 2.65. The number of halogens is 1. The minimum atomic E-state index is -0.516. The number of benzene rings is 2. The van der Waals surface area contributed by atoms with Crippen LogP contribution in [0.25, 0.3) is 0 Å². The number of nitrogens with one attached hydrogen (secondary N) is 1. The molecule has 0 aromatic heterocycles. The Hall–Kier alpha value is -2.20. The molecule has 3 N–H and O–H groups in total. The van der Waals surface area contributed by atoms with Crippen molar-refractivity contribution in [3.63, 3.8) is 0 Å². The van der Waals surface area contributed by atoms with Gasteiger partial charge >= 0.3 is 0 Å². The zero-order chi connectivity index (χ0) is 14.4. The zero-order valence-corrected chi connectivity index (χ0v) is 11.1. The van der Waals surface area contributed by atoms with Gasteiger partial charge in [-0.2, -0.15) is 0 Å². The van der Waals surface area contributed by atoms with E-state index in [1.54, 1.807) is 12.1 Å². The summed E-state index contributed by atoms with van der Waals surface area (Å²) in [6, 6.07) is 15.4. The number of carbonyl (C=O) groups excluding carboxylic acids is 1. The Morgan fingerprint density at radius 1 is 1.10 bits per heavy atom. The maximum atomic E-state index is 13.4. The van der Waals surface area contributed by atoms with Crippen LogP contribution in [0.4, 0.5) is 4.39 Å². The standard InChI is InChI=1S/C16H17FN2O/c17-14-9-5-4-8-13(14)16(20)19-11-10-15(18)12-6-2-1-3-7-12/h1-9,15H,10-11,18H2,(H,19,20). The monoisotopic (exact) mass is 272 g/mol.